The van der Waals surface area contributed by atoms with Gasteiger partial charge >= 0.3 is 0 Å². The molecule has 1 aromatic rings. The van der Waals surface area contributed by atoms with Crippen molar-refractivity contribution in [3.63, 3.8) is 0 Å². The standard InChI is InChI=1S/C11H15F2N3O3S/c1-3-15-9(17)6-16(2)20(18,19)8-5-4-7(12)11(14)10(8)13/h4-5H,3,6,14H2,1-2H3,(H,15,17). The highest BCUT2D eigenvalue weighted by molar-refractivity contribution is 7.89. The molecule has 0 aliphatic rings. The number of likely N-dealkylation sites (N-methyl/N-ethyl adjacent to an activating group) is 2. The van der Waals surface area contributed by atoms with Gasteiger partial charge in [-0.2, -0.15) is 4.31 Å². The molecule has 1 amide bonds. The number of benzene rings is 1. The Kier molecular flexibility index (Phi) is 5.01. The van der Waals surface area contributed by atoms with Crippen molar-refractivity contribution in [3.05, 3.63) is 23.8 Å². The number of nitrogens with one attached hydrogen (secondary N) is 1. The molecule has 0 aliphatic heterocycles. The molecule has 6 nitrogen and oxygen atoms in total. The fourth-order valence-electron chi connectivity index (χ4n) is 1.46. The van der Waals surface area contributed by atoms with Crippen LogP contribution in [0, 0.1) is 11.6 Å². The number of sulfonamides is 1. The summed E-state index contributed by atoms with van der Waals surface area (Å²) in [5.41, 5.74) is 4.24. The van der Waals surface area contributed by atoms with E-state index in [1.54, 1.807) is 6.92 Å². The molecule has 112 valence electrons. The summed E-state index contributed by atoms with van der Waals surface area (Å²) in [6, 6.07) is 1.52. The quantitative estimate of drug-likeness (QED) is 0.765. The third kappa shape index (κ3) is 3.23. The molecular formula is C11H15F2N3O3S. The van der Waals surface area contributed by atoms with Crippen LogP contribution < -0.4 is 11.1 Å². The van der Waals surface area contributed by atoms with E-state index in [9.17, 15) is 22.0 Å². The number of nitrogens with two attached hydrogens (primary N) is 1. The number of anilines is 1. The molecule has 1 aromatic carbocycles. The van der Waals surface area contributed by atoms with Gasteiger partial charge in [0.25, 0.3) is 0 Å². The van der Waals surface area contributed by atoms with Crippen LogP contribution >= 0.6 is 0 Å². The molecule has 0 aromatic heterocycles. The fourth-order valence-corrected chi connectivity index (χ4v) is 2.66. The molecule has 0 fully saturated rings. The minimum absolute atomic E-state index is 0.338. The van der Waals surface area contributed by atoms with Gasteiger partial charge in [-0.15, -0.1) is 0 Å². The number of rotatable bonds is 5. The van der Waals surface area contributed by atoms with Gasteiger partial charge < -0.3 is 11.1 Å². The van der Waals surface area contributed by atoms with Crippen LogP contribution in [0.5, 0.6) is 0 Å². The third-order valence-corrected chi connectivity index (χ3v) is 4.34. The molecule has 0 spiro atoms. The first-order valence-electron chi connectivity index (χ1n) is 5.68. The summed E-state index contributed by atoms with van der Waals surface area (Å²) < 4.78 is 51.6. The van der Waals surface area contributed by atoms with Gasteiger partial charge in [0.15, 0.2) is 5.82 Å². The van der Waals surface area contributed by atoms with Crippen molar-refractivity contribution < 1.29 is 22.0 Å². The number of carbonyl (C=O) groups is 1. The van der Waals surface area contributed by atoms with Crippen molar-refractivity contribution in [3.8, 4) is 0 Å². The lowest BCUT2D eigenvalue weighted by molar-refractivity contribution is -0.121. The van der Waals surface area contributed by atoms with Gasteiger partial charge in [0.2, 0.25) is 15.9 Å². The zero-order valence-electron chi connectivity index (χ0n) is 11.0. The number of hydrogen-bond donors (Lipinski definition) is 2. The molecule has 0 unspecified atom stereocenters. The minimum atomic E-state index is -4.27. The predicted molar refractivity (Wildman–Crippen MR) is 69.3 cm³/mol. The van der Waals surface area contributed by atoms with Crippen molar-refractivity contribution >= 4 is 21.6 Å². The van der Waals surface area contributed by atoms with Crippen LogP contribution in [0.4, 0.5) is 14.5 Å². The van der Waals surface area contributed by atoms with E-state index in [0.717, 1.165) is 19.2 Å². The highest BCUT2D eigenvalue weighted by atomic mass is 32.2. The van der Waals surface area contributed by atoms with Crippen LogP contribution in [-0.2, 0) is 14.8 Å². The molecular weight excluding hydrogens is 292 g/mol. The maximum atomic E-state index is 13.7. The summed E-state index contributed by atoms with van der Waals surface area (Å²) in [7, 11) is -3.16. The Morgan fingerprint density at radius 2 is 2.00 bits per heavy atom. The molecule has 0 bridgehead atoms. The lowest BCUT2D eigenvalue weighted by atomic mass is 10.3. The maximum Gasteiger partial charge on any atom is 0.246 e. The summed E-state index contributed by atoms with van der Waals surface area (Å²) in [5, 5.41) is 2.41. The Hall–Kier alpha value is -1.74. The molecule has 0 aliphatic carbocycles. The fraction of sp³-hybridized carbons (Fsp3) is 0.364. The van der Waals surface area contributed by atoms with Gasteiger partial charge in [0.1, 0.15) is 16.4 Å². The van der Waals surface area contributed by atoms with Crippen molar-refractivity contribution in [2.75, 3.05) is 25.9 Å². The lowest BCUT2D eigenvalue weighted by Gasteiger charge is -2.17. The topological polar surface area (TPSA) is 92.5 Å². The number of hydrogen-bond acceptors (Lipinski definition) is 4. The zero-order chi connectivity index (χ0) is 15.5. The molecule has 1 rings (SSSR count). The second-order valence-electron chi connectivity index (χ2n) is 3.99. The summed E-state index contributed by atoms with van der Waals surface area (Å²) in [5.74, 6) is -2.95. The zero-order valence-corrected chi connectivity index (χ0v) is 11.8. The van der Waals surface area contributed by atoms with Crippen LogP contribution in [0.3, 0.4) is 0 Å². The highest BCUT2D eigenvalue weighted by Gasteiger charge is 2.28. The maximum absolute atomic E-state index is 13.7. The van der Waals surface area contributed by atoms with E-state index in [2.05, 4.69) is 5.32 Å². The van der Waals surface area contributed by atoms with Crippen LogP contribution in [0.25, 0.3) is 0 Å². The Balaban J connectivity index is 3.11. The normalized spacial score (nSPS) is 11.7. The van der Waals surface area contributed by atoms with Gasteiger partial charge in [-0.05, 0) is 19.1 Å². The second kappa shape index (κ2) is 6.14. The van der Waals surface area contributed by atoms with Gasteiger partial charge in [-0.3, -0.25) is 4.79 Å². The summed E-state index contributed by atoms with van der Waals surface area (Å²) >= 11 is 0. The largest absolute Gasteiger partial charge is 0.394 e. The summed E-state index contributed by atoms with van der Waals surface area (Å²) in [6.07, 6.45) is 0. The number of carbonyl (C=O) groups excluding carboxylic acids is 1. The smallest absolute Gasteiger partial charge is 0.246 e. The Morgan fingerprint density at radius 3 is 2.55 bits per heavy atom. The summed E-state index contributed by atoms with van der Waals surface area (Å²) in [6.45, 7) is 1.53. The minimum Gasteiger partial charge on any atom is -0.394 e. The molecule has 3 N–H and O–H groups in total. The number of halogens is 2. The first-order valence-corrected chi connectivity index (χ1v) is 7.12. The van der Waals surface area contributed by atoms with E-state index in [0.29, 0.717) is 10.8 Å². The average Bonchev–Trinajstić information content (AvgIpc) is 2.35. The molecule has 0 radical (unpaired) electrons. The van der Waals surface area contributed by atoms with Gasteiger partial charge in [-0.1, -0.05) is 0 Å². The van der Waals surface area contributed by atoms with E-state index < -0.39 is 44.7 Å². The summed E-state index contributed by atoms with van der Waals surface area (Å²) in [4.78, 5) is 10.6. The van der Waals surface area contributed by atoms with E-state index in [4.69, 9.17) is 5.73 Å². The van der Waals surface area contributed by atoms with Crippen LogP contribution in [0.2, 0.25) is 0 Å². The monoisotopic (exact) mass is 307 g/mol. The van der Waals surface area contributed by atoms with E-state index in [-0.39, 0.29) is 0 Å². The Bertz CT molecular complexity index is 620. The molecule has 0 saturated heterocycles. The van der Waals surface area contributed by atoms with Crippen molar-refractivity contribution in [2.45, 2.75) is 11.8 Å². The molecule has 0 heterocycles. The number of nitrogen functional groups attached to an aromatic ring is 1. The van der Waals surface area contributed by atoms with E-state index >= 15 is 0 Å². The SMILES string of the molecule is CCNC(=O)CN(C)S(=O)(=O)c1ccc(F)c(N)c1F. The van der Waals surface area contributed by atoms with Gasteiger partial charge in [0.05, 0.1) is 6.54 Å². The first-order chi connectivity index (χ1) is 9.21. The van der Waals surface area contributed by atoms with E-state index in [1.807, 2.05) is 0 Å². The van der Waals surface area contributed by atoms with Crippen molar-refractivity contribution in [1.82, 2.24) is 9.62 Å². The molecule has 20 heavy (non-hydrogen) atoms. The highest BCUT2D eigenvalue weighted by Crippen LogP contribution is 2.24. The van der Waals surface area contributed by atoms with Gasteiger partial charge in [-0.25, -0.2) is 17.2 Å². The molecule has 9 heteroatoms. The Labute approximate surface area is 115 Å². The number of amides is 1. The average molecular weight is 307 g/mol. The molecule has 0 saturated carbocycles. The first kappa shape index (κ1) is 16.3. The lowest BCUT2D eigenvalue weighted by Crippen LogP contribution is -2.38. The molecule has 0 atom stereocenters. The van der Waals surface area contributed by atoms with Crippen molar-refractivity contribution in [2.24, 2.45) is 0 Å². The van der Waals surface area contributed by atoms with Crippen molar-refractivity contribution in [1.29, 1.82) is 0 Å². The van der Waals surface area contributed by atoms with Crippen LogP contribution in [0.1, 0.15) is 6.92 Å². The van der Waals surface area contributed by atoms with Gasteiger partial charge in [0, 0.05) is 13.6 Å². The Morgan fingerprint density at radius 1 is 1.40 bits per heavy atom. The van der Waals surface area contributed by atoms with Crippen LogP contribution in [0.15, 0.2) is 17.0 Å². The predicted octanol–water partition coefficient (Wildman–Crippen LogP) is 0.304. The van der Waals surface area contributed by atoms with E-state index in [1.165, 1.54) is 0 Å². The number of nitrogens with zero attached hydrogens (tertiary/aromatic N) is 1. The third-order valence-electron chi connectivity index (χ3n) is 2.52. The second-order valence-corrected chi connectivity index (χ2v) is 6.00. The van der Waals surface area contributed by atoms with Crippen LogP contribution in [-0.4, -0.2) is 38.8 Å².